The van der Waals surface area contributed by atoms with Crippen LogP contribution in [-0.4, -0.2) is 4.98 Å². The van der Waals surface area contributed by atoms with Crippen LogP contribution in [0.4, 0.5) is 15.8 Å². The summed E-state index contributed by atoms with van der Waals surface area (Å²) in [6, 6.07) is 11.8. The summed E-state index contributed by atoms with van der Waals surface area (Å²) in [5, 5.41) is 4.04. The first kappa shape index (κ1) is 14.1. The van der Waals surface area contributed by atoms with E-state index in [1.54, 1.807) is 6.07 Å². The molecule has 0 aliphatic rings. The topological polar surface area (TPSA) is 70.9 Å². The van der Waals surface area contributed by atoms with E-state index in [-0.39, 0.29) is 11.4 Å². The molecule has 0 spiro atoms. The second-order valence-electron chi connectivity index (χ2n) is 5.25. The Bertz CT molecular complexity index is 902. The van der Waals surface area contributed by atoms with E-state index in [9.17, 15) is 9.18 Å². The third-order valence-corrected chi connectivity index (χ3v) is 3.65. The molecule has 0 saturated carbocycles. The molecule has 22 heavy (non-hydrogen) atoms. The molecule has 0 aliphatic carbocycles. The number of nitrogens with one attached hydrogen (secondary N) is 2. The van der Waals surface area contributed by atoms with Crippen molar-refractivity contribution in [2.75, 3.05) is 11.1 Å². The molecule has 0 saturated heterocycles. The minimum absolute atomic E-state index is 0.144. The first-order valence-electron chi connectivity index (χ1n) is 6.95. The average molecular weight is 297 g/mol. The first-order chi connectivity index (χ1) is 10.5. The molecule has 0 amide bonds. The zero-order valence-corrected chi connectivity index (χ0v) is 12.1. The number of aromatic amines is 1. The van der Waals surface area contributed by atoms with Gasteiger partial charge in [0.2, 0.25) is 0 Å². The molecular formula is C17H16FN3O. The summed E-state index contributed by atoms with van der Waals surface area (Å²) in [5.74, 6) is -0.387. The van der Waals surface area contributed by atoms with Crippen molar-refractivity contribution >= 4 is 22.3 Å². The van der Waals surface area contributed by atoms with Crippen molar-refractivity contribution < 1.29 is 4.39 Å². The number of fused-ring (bicyclic) bond motifs is 1. The summed E-state index contributed by atoms with van der Waals surface area (Å²) in [5.41, 5.74) is 8.99. The molecule has 2 aromatic carbocycles. The molecule has 0 atom stereocenters. The Morgan fingerprint density at radius 3 is 2.82 bits per heavy atom. The van der Waals surface area contributed by atoms with Gasteiger partial charge in [-0.05, 0) is 42.1 Å². The normalized spacial score (nSPS) is 10.8. The summed E-state index contributed by atoms with van der Waals surface area (Å²) in [6.07, 6.45) is 0. The van der Waals surface area contributed by atoms with Crippen LogP contribution < -0.4 is 16.6 Å². The van der Waals surface area contributed by atoms with E-state index >= 15 is 0 Å². The first-order valence-corrected chi connectivity index (χ1v) is 6.95. The molecule has 0 radical (unpaired) electrons. The number of aromatic nitrogens is 1. The molecular weight excluding hydrogens is 281 g/mol. The van der Waals surface area contributed by atoms with E-state index in [4.69, 9.17) is 5.73 Å². The Labute approximate surface area is 126 Å². The highest BCUT2D eigenvalue weighted by Crippen LogP contribution is 2.20. The van der Waals surface area contributed by atoms with Gasteiger partial charge in [-0.25, -0.2) is 4.39 Å². The van der Waals surface area contributed by atoms with Crippen LogP contribution in [0.1, 0.15) is 11.1 Å². The number of aryl methyl sites for hydroxylation is 1. The molecule has 4 N–H and O–H groups in total. The van der Waals surface area contributed by atoms with Gasteiger partial charge in [-0.15, -0.1) is 0 Å². The Kier molecular flexibility index (Phi) is 3.55. The number of halogens is 1. The summed E-state index contributed by atoms with van der Waals surface area (Å²) in [7, 11) is 0. The number of pyridine rings is 1. The third kappa shape index (κ3) is 2.65. The van der Waals surface area contributed by atoms with Crippen LogP contribution in [-0.2, 0) is 6.54 Å². The predicted octanol–water partition coefficient (Wildman–Crippen LogP) is 3.17. The maximum absolute atomic E-state index is 13.0. The van der Waals surface area contributed by atoms with Crippen LogP contribution in [0.15, 0.2) is 47.3 Å². The average Bonchev–Trinajstić information content (AvgIpc) is 2.48. The van der Waals surface area contributed by atoms with Crippen LogP contribution in [0, 0.1) is 12.7 Å². The number of anilines is 2. The lowest BCUT2D eigenvalue weighted by atomic mass is 10.1. The zero-order valence-electron chi connectivity index (χ0n) is 12.1. The van der Waals surface area contributed by atoms with Crippen molar-refractivity contribution in [1.82, 2.24) is 4.98 Å². The van der Waals surface area contributed by atoms with Gasteiger partial charge in [-0.2, -0.15) is 0 Å². The zero-order chi connectivity index (χ0) is 15.7. The second kappa shape index (κ2) is 5.52. The lowest BCUT2D eigenvalue weighted by molar-refractivity contribution is 0.628. The smallest absolute Gasteiger partial charge is 0.253 e. The quantitative estimate of drug-likeness (QED) is 0.650. The molecule has 4 nitrogen and oxygen atoms in total. The molecule has 0 unspecified atom stereocenters. The van der Waals surface area contributed by atoms with E-state index < -0.39 is 0 Å². The van der Waals surface area contributed by atoms with E-state index in [2.05, 4.69) is 10.3 Å². The van der Waals surface area contributed by atoms with Crippen molar-refractivity contribution in [2.45, 2.75) is 13.5 Å². The second-order valence-corrected chi connectivity index (χ2v) is 5.25. The van der Waals surface area contributed by atoms with Crippen molar-refractivity contribution in [3.8, 4) is 0 Å². The largest absolute Gasteiger partial charge is 0.397 e. The lowest BCUT2D eigenvalue weighted by Crippen LogP contribution is -2.16. The maximum atomic E-state index is 13.0. The van der Waals surface area contributed by atoms with E-state index in [1.165, 1.54) is 12.1 Å². The van der Waals surface area contributed by atoms with Gasteiger partial charge in [0, 0.05) is 12.1 Å². The number of nitrogen functional groups attached to an aromatic ring is 1. The van der Waals surface area contributed by atoms with Gasteiger partial charge >= 0.3 is 0 Å². The van der Waals surface area contributed by atoms with Gasteiger partial charge in [0.25, 0.3) is 5.56 Å². The van der Waals surface area contributed by atoms with Crippen LogP contribution in [0.3, 0.4) is 0 Å². The molecule has 3 rings (SSSR count). The molecule has 5 heteroatoms. The predicted molar refractivity (Wildman–Crippen MR) is 87.4 cm³/mol. The number of H-pyrrole nitrogens is 1. The Balaban J connectivity index is 1.91. The Morgan fingerprint density at radius 2 is 2.05 bits per heavy atom. The van der Waals surface area contributed by atoms with Crippen LogP contribution >= 0.6 is 0 Å². The number of benzene rings is 2. The van der Waals surface area contributed by atoms with Crippen molar-refractivity contribution in [3.05, 3.63) is 69.8 Å². The molecule has 3 aromatic rings. The number of rotatable bonds is 3. The van der Waals surface area contributed by atoms with Gasteiger partial charge in [0.05, 0.1) is 16.9 Å². The highest BCUT2D eigenvalue weighted by molar-refractivity contribution is 5.82. The summed E-state index contributed by atoms with van der Waals surface area (Å²) in [4.78, 5) is 15.1. The fraction of sp³-hybridized carbons (Fsp3) is 0.118. The Hall–Kier alpha value is -2.82. The summed E-state index contributed by atoms with van der Waals surface area (Å²) in [6.45, 7) is 2.27. The number of hydrogen-bond donors (Lipinski definition) is 3. The van der Waals surface area contributed by atoms with E-state index in [0.717, 1.165) is 16.5 Å². The minimum Gasteiger partial charge on any atom is -0.397 e. The SMILES string of the molecule is Cc1cccc2cc(CNc3ccc(F)cc3N)c(=O)[nH]c12. The third-order valence-electron chi connectivity index (χ3n) is 3.65. The van der Waals surface area contributed by atoms with Gasteiger partial charge in [0.1, 0.15) is 5.82 Å². The van der Waals surface area contributed by atoms with Crippen molar-refractivity contribution in [3.63, 3.8) is 0 Å². The van der Waals surface area contributed by atoms with Crippen LogP contribution in [0.5, 0.6) is 0 Å². The van der Waals surface area contributed by atoms with Crippen LogP contribution in [0.2, 0.25) is 0 Å². The fourth-order valence-corrected chi connectivity index (χ4v) is 2.44. The van der Waals surface area contributed by atoms with E-state index in [0.29, 0.717) is 23.5 Å². The summed E-state index contributed by atoms with van der Waals surface area (Å²) < 4.78 is 13.0. The van der Waals surface area contributed by atoms with Gasteiger partial charge in [0.15, 0.2) is 0 Å². The van der Waals surface area contributed by atoms with Gasteiger partial charge < -0.3 is 16.0 Å². The minimum atomic E-state index is -0.387. The van der Waals surface area contributed by atoms with Crippen LogP contribution in [0.25, 0.3) is 10.9 Å². The highest BCUT2D eigenvalue weighted by Gasteiger charge is 2.06. The highest BCUT2D eigenvalue weighted by atomic mass is 19.1. The molecule has 112 valence electrons. The fourth-order valence-electron chi connectivity index (χ4n) is 2.44. The standard InChI is InChI=1S/C17H16FN3O/c1-10-3-2-4-11-7-12(17(22)21-16(10)11)9-20-15-6-5-13(18)8-14(15)19/h2-8,20H,9,19H2,1H3,(H,21,22). The number of para-hydroxylation sites is 1. The monoisotopic (exact) mass is 297 g/mol. The molecule has 0 bridgehead atoms. The molecule has 1 heterocycles. The van der Waals surface area contributed by atoms with Crippen molar-refractivity contribution in [2.24, 2.45) is 0 Å². The number of nitrogens with two attached hydrogens (primary N) is 1. The summed E-state index contributed by atoms with van der Waals surface area (Å²) >= 11 is 0. The van der Waals surface area contributed by atoms with Crippen molar-refractivity contribution in [1.29, 1.82) is 0 Å². The molecule has 0 aliphatic heterocycles. The van der Waals surface area contributed by atoms with E-state index in [1.807, 2.05) is 31.2 Å². The molecule has 1 aromatic heterocycles. The molecule has 0 fully saturated rings. The number of hydrogen-bond acceptors (Lipinski definition) is 3. The van der Waals surface area contributed by atoms with Gasteiger partial charge in [-0.1, -0.05) is 18.2 Å². The van der Waals surface area contributed by atoms with Gasteiger partial charge in [-0.3, -0.25) is 4.79 Å². The lowest BCUT2D eigenvalue weighted by Gasteiger charge is -2.10. The Morgan fingerprint density at radius 1 is 1.23 bits per heavy atom. The maximum Gasteiger partial charge on any atom is 0.253 e.